The highest BCUT2D eigenvalue weighted by Crippen LogP contribution is 2.11. The minimum atomic E-state index is -3.42. The van der Waals surface area contributed by atoms with E-state index in [-0.39, 0.29) is 6.04 Å². The van der Waals surface area contributed by atoms with Gasteiger partial charge in [-0.2, -0.15) is 0 Å². The molecule has 1 aromatic carbocycles. The summed E-state index contributed by atoms with van der Waals surface area (Å²) < 4.78 is 27.2. The molecule has 0 aromatic heterocycles. The van der Waals surface area contributed by atoms with Crippen molar-refractivity contribution in [3.8, 4) is 0 Å². The minimum absolute atomic E-state index is 0.0714. The third kappa shape index (κ3) is 5.30. The summed E-state index contributed by atoms with van der Waals surface area (Å²) in [5.41, 5.74) is 1.05. The van der Waals surface area contributed by atoms with E-state index in [1.54, 1.807) is 12.1 Å². The predicted octanol–water partition coefficient (Wildman–Crippen LogP) is 2.05. The first-order chi connectivity index (χ1) is 8.99. The zero-order valence-electron chi connectivity index (χ0n) is 11.9. The van der Waals surface area contributed by atoms with E-state index in [0.717, 1.165) is 24.9 Å². The van der Waals surface area contributed by atoms with Crippen LogP contribution < -0.4 is 10.0 Å². The van der Waals surface area contributed by atoms with Crippen LogP contribution in [0.4, 0.5) is 0 Å². The second-order valence-electron chi connectivity index (χ2n) is 4.74. The van der Waals surface area contributed by atoms with E-state index in [9.17, 15) is 8.42 Å². The Hall–Kier alpha value is -0.910. The monoisotopic (exact) mass is 284 g/mol. The molecule has 1 rings (SSSR count). The molecule has 1 unspecified atom stereocenters. The van der Waals surface area contributed by atoms with Gasteiger partial charge < -0.3 is 5.32 Å². The van der Waals surface area contributed by atoms with E-state index >= 15 is 0 Å². The smallest absolute Gasteiger partial charge is 0.240 e. The Labute approximate surface area is 116 Å². The van der Waals surface area contributed by atoms with Crippen molar-refractivity contribution in [1.29, 1.82) is 0 Å². The molecular weight excluding hydrogens is 260 g/mol. The average Bonchev–Trinajstić information content (AvgIpc) is 2.38. The topological polar surface area (TPSA) is 58.2 Å². The highest BCUT2D eigenvalue weighted by atomic mass is 32.2. The molecule has 2 N–H and O–H groups in total. The molecule has 0 bridgehead atoms. The lowest BCUT2D eigenvalue weighted by Crippen LogP contribution is -2.41. The fourth-order valence-corrected chi connectivity index (χ4v) is 3.05. The number of rotatable bonds is 8. The lowest BCUT2D eigenvalue weighted by Gasteiger charge is -2.17. The second kappa shape index (κ2) is 7.62. The maximum Gasteiger partial charge on any atom is 0.240 e. The molecule has 1 atom stereocenters. The van der Waals surface area contributed by atoms with Crippen LogP contribution in [-0.2, 0) is 10.0 Å². The summed E-state index contributed by atoms with van der Waals surface area (Å²) in [6.07, 6.45) is 1.81. The van der Waals surface area contributed by atoms with E-state index in [2.05, 4.69) is 17.0 Å². The van der Waals surface area contributed by atoms with Crippen molar-refractivity contribution in [2.24, 2.45) is 0 Å². The Morgan fingerprint density at radius 3 is 2.32 bits per heavy atom. The van der Waals surface area contributed by atoms with Gasteiger partial charge in [0.15, 0.2) is 0 Å². The molecule has 0 radical (unpaired) electrons. The number of sulfonamides is 1. The van der Waals surface area contributed by atoms with Gasteiger partial charge in [0.1, 0.15) is 0 Å². The largest absolute Gasteiger partial charge is 0.315 e. The van der Waals surface area contributed by atoms with Crippen LogP contribution in [0.1, 0.15) is 32.3 Å². The first-order valence-electron chi connectivity index (χ1n) is 6.79. The fraction of sp³-hybridized carbons (Fsp3) is 0.571. The number of hydrogen-bond donors (Lipinski definition) is 2. The Morgan fingerprint density at radius 1 is 1.16 bits per heavy atom. The first-order valence-corrected chi connectivity index (χ1v) is 8.27. The molecule has 5 heteroatoms. The van der Waals surface area contributed by atoms with Gasteiger partial charge in [-0.3, -0.25) is 0 Å². The molecule has 4 nitrogen and oxygen atoms in total. The van der Waals surface area contributed by atoms with Crippen LogP contribution in [0.3, 0.4) is 0 Å². The van der Waals surface area contributed by atoms with Gasteiger partial charge in [0.05, 0.1) is 4.90 Å². The average molecular weight is 284 g/mol. The molecule has 0 aliphatic carbocycles. The highest BCUT2D eigenvalue weighted by molar-refractivity contribution is 7.89. The van der Waals surface area contributed by atoms with Crippen molar-refractivity contribution in [3.05, 3.63) is 29.8 Å². The van der Waals surface area contributed by atoms with E-state index in [1.807, 2.05) is 26.0 Å². The van der Waals surface area contributed by atoms with E-state index in [0.29, 0.717) is 11.4 Å². The lowest BCUT2D eigenvalue weighted by molar-refractivity contribution is 0.506. The highest BCUT2D eigenvalue weighted by Gasteiger charge is 2.18. The number of aryl methyl sites for hydroxylation is 1. The molecule has 0 spiro atoms. The molecule has 0 saturated heterocycles. The normalized spacial score (nSPS) is 13.4. The summed E-state index contributed by atoms with van der Waals surface area (Å²) in [6.45, 7) is 7.58. The van der Waals surface area contributed by atoms with Gasteiger partial charge in [-0.15, -0.1) is 0 Å². The molecule has 0 aliphatic rings. The molecule has 1 aromatic rings. The third-order valence-corrected chi connectivity index (χ3v) is 4.50. The molecule has 0 fully saturated rings. The van der Waals surface area contributed by atoms with Crippen LogP contribution >= 0.6 is 0 Å². The molecule has 108 valence electrons. The van der Waals surface area contributed by atoms with Crippen LogP contribution in [-0.4, -0.2) is 27.5 Å². The molecule has 0 amide bonds. The van der Waals surface area contributed by atoms with E-state index in [4.69, 9.17) is 0 Å². The van der Waals surface area contributed by atoms with Gasteiger partial charge in [-0.1, -0.05) is 31.5 Å². The SMILES string of the molecule is CCCNCC(CC)NS(=O)(=O)c1ccc(C)cc1. The van der Waals surface area contributed by atoms with Crippen molar-refractivity contribution in [1.82, 2.24) is 10.0 Å². The summed E-state index contributed by atoms with van der Waals surface area (Å²) >= 11 is 0. The van der Waals surface area contributed by atoms with E-state index < -0.39 is 10.0 Å². The number of nitrogens with one attached hydrogen (secondary N) is 2. The standard InChI is InChI=1S/C14H24N2O2S/c1-4-10-15-11-13(5-2)16-19(17,18)14-8-6-12(3)7-9-14/h6-9,13,15-16H,4-5,10-11H2,1-3H3. The van der Waals surface area contributed by atoms with Crippen LogP contribution in [0.25, 0.3) is 0 Å². The van der Waals surface area contributed by atoms with E-state index in [1.165, 1.54) is 0 Å². The van der Waals surface area contributed by atoms with Crippen LogP contribution in [0.5, 0.6) is 0 Å². The van der Waals surface area contributed by atoms with Gasteiger partial charge >= 0.3 is 0 Å². The third-order valence-electron chi connectivity index (χ3n) is 2.96. The summed E-state index contributed by atoms with van der Waals surface area (Å²) in [7, 11) is -3.42. The van der Waals surface area contributed by atoms with Crippen LogP contribution in [0, 0.1) is 6.92 Å². The van der Waals surface area contributed by atoms with Crippen LogP contribution in [0.2, 0.25) is 0 Å². The Balaban J connectivity index is 2.69. The van der Waals surface area contributed by atoms with Crippen molar-refractivity contribution in [2.75, 3.05) is 13.1 Å². The molecule has 0 aliphatic heterocycles. The number of hydrogen-bond acceptors (Lipinski definition) is 3. The first kappa shape index (κ1) is 16.1. The minimum Gasteiger partial charge on any atom is -0.315 e. The maximum absolute atomic E-state index is 12.2. The van der Waals surface area contributed by atoms with Gasteiger partial charge in [0.2, 0.25) is 10.0 Å². The summed E-state index contributed by atoms with van der Waals surface area (Å²) in [5, 5.41) is 3.24. The second-order valence-corrected chi connectivity index (χ2v) is 6.46. The van der Waals surface area contributed by atoms with Crippen molar-refractivity contribution in [2.45, 2.75) is 44.6 Å². The fourth-order valence-electron chi connectivity index (χ4n) is 1.73. The van der Waals surface area contributed by atoms with Crippen LogP contribution in [0.15, 0.2) is 29.2 Å². The quantitative estimate of drug-likeness (QED) is 0.718. The van der Waals surface area contributed by atoms with Crippen molar-refractivity contribution < 1.29 is 8.42 Å². The molecule has 0 heterocycles. The van der Waals surface area contributed by atoms with Crippen molar-refractivity contribution >= 4 is 10.0 Å². The van der Waals surface area contributed by atoms with Crippen molar-refractivity contribution in [3.63, 3.8) is 0 Å². The van der Waals surface area contributed by atoms with Gasteiger partial charge in [-0.25, -0.2) is 13.1 Å². The summed E-state index contributed by atoms with van der Waals surface area (Å²) in [6, 6.07) is 6.83. The lowest BCUT2D eigenvalue weighted by atomic mass is 10.2. The zero-order valence-corrected chi connectivity index (χ0v) is 12.8. The Morgan fingerprint density at radius 2 is 1.79 bits per heavy atom. The maximum atomic E-state index is 12.2. The summed E-state index contributed by atoms with van der Waals surface area (Å²) in [4.78, 5) is 0.326. The molecular formula is C14H24N2O2S. The van der Waals surface area contributed by atoms with Gasteiger partial charge in [0, 0.05) is 12.6 Å². The Kier molecular flexibility index (Phi) is 6.48. The molecule has 0 saturated carbocycles. The predicted molar refractivity (Wildman–Crippen MR) is 78.7 cm³/mol. The number of benzene rings is 1. The Bertz CT molecular complexity index is 469. The summed E-state index contributed by atoms with van der Waals surface area (Å²) in [5.74, 6) is 0. The van der Waals surface area contributed by atoms with Gasteiger partial charge in [0.25, 0.3) is 0 Å². The molecule has 19 heavy (non-hydrogen) atoms. The van der Waals surface area contributed by atoms with Gasteiger partial charge in [-0.05, 0) is 38.4 Å². The zero-order chi connectivity index (χ0) is 14.3.